The average molecular weight is 370 g/mol. The highest BCUT2D eigenvalue weighted by molar-refractivity contribution is 6.76. The molecule has 0 saturated carbocycles. The lowest BCUT2D eigenvalue weighted by Gasteiger charge is -2.16. The van der Waals surface area contributed by atoms with Gasteiger partial charge in [0.1, 0.15) is 18.1 Å². The van der Waals surface area contributed by atoms with Gasteiger partial charge in [0.15, 0.2) is 5.69 Å². The molecule has 0 fully saturated rings. The van der Waals surface area contributed by atoms with Crippen LogP contribution in [0.3, 0.4) is 0 Å². The van der Waals surface area contributed by atoms with Gasteiger partial charge in [0.2, 0.25) is 0 Å². The molecule has 2 N–H and O–H groups in total. The molecule has 2 aromatic heterocycles. The zero-order chi connectivity index (χ0) is 17.9. The van der Waals surface area contributed by atoms with E-state index in [1.807, 2.05) is 0 Å². The Labute approximate surface area is 145 Å². The maximum Gasteiger partial charge on any atom is 0.315 e. The molecule has 0 aromatic carbocycles. The van der Waals surface area contributed by atoms with Gasteiger partial charge in [-0.05, 0) is 12.1 Å². The first-order valence-corrected chi connectivity index (χ1v) is 11.5. The minimum absolute atomic E-state index is 0.104. The number of nitro groups is 1. The van der Waals surface area contributed by atoms with Crippen molar-refractivity contribution in [1.82, 2.24) is 14.8 Å². The van der Waals surface area contributed by atoms with Crippen LogP contribution < -0.4 is 5.73 Å². The molecule has 0 aliphatic rings. The van der Waals surface area contributed by atoms with Crippen LogP contribution in [0.2, 0.25) is 30.8 Å². The minimum Gasteiger partial charge on any atom is -0.397 e. The smallest absolute Gasteiger partial charge is 0.315 e. The summed E-state index contributed by atoms with van der Waals surface area (Å²) in [6.07, 6.45) is 2.55. The van der Waals surface area contributed by atoms with Crippen LogP contribution in [0.25, 0.3) is 11.3 Å². The van der Waals surface area contributed by atoms with E-state index in [-0.39, 0.29) is 29.0 Å². The Bertz CT molecular complexity index is 744. The second-order valence-electron chi connectivity index (χ2n) is 6.58. The van der Waals surface area contributed by atoms with Crippen LogP contribution in [-0.2, 0) is 11.5 Å². The summed E-state index contributed by atoms with van der Waals surface area (Å²) < 4.78 is 7.07. The number of pyridine rings is 1. The first kappa shape index (κ1) is 18.4. The summed E-state index contributed by atoms with van der Waals surface area (Å²) >= 11 is 5.90. The Morgan fingerprint density at radius 1 is 1.42 bits per heavy atom. The van der Waals surface area contributed by atoms with Crippen LogP contribution in [-0.4, -0.2) is 34.4 Å². The van der Waals surface area contributed by atoms with E-state index in [2.05, 4.69) is 29.7 Å². The van der Waals surface area contributed by atoms with E-state index in [1.54, 1.807) is 0 Å². The lowest BCUT2D eigenvalue weighted by atomic mass is 10.1. The number of aromatic nitrogens is 3. The molecule has 0 atom stereocenters. The maximum absolute atomic E-state index is 11.3. The Balaban J connectivity index is 2.30. The van der Waals surface area contributed by atoms with Gasteiger partial charge in [-0.1, -0.05) is 31.2 Å². The summed E-state index contributed by atoms with van der Waals surface area (Å²) in [5.41, 5.74) is 6.71. The van der Waals surface area contributed by atoms with Crippen molar-refractivity contribution in [3.05, 3.63) is 33.7 Å². The number of rotatable bonds is 7. The summed E-state index contributed by atoms with van der Waals surface area (Å²) in [7, 11) is -1.21. The molecule has 24 heavy (non-hydrogen) atoms. The molecule has 10 heteroatoms. The van der Waals surface area contributed by atoms with E-state index in [4.69, 9.17) is 22.1 Å². The Morgan fingerprint density at radius 3 is 2.75 bits per heavy atom. The number of nitrogen functional groups attached to an aromatic ring is 1. The Kier molecular flexibility index (Phi) is 5.57. The predicted molar refractivity (Wildman–Crippen MR) is 95.6 cm³/mol. The summed E-state index contributed by atoms with van der Waals surface area (Å²) in [6.45, 7) is 7.43. The molecule has 0 aliphatic heterocycles. The minimum atomic E-state index is -1.21. The third-order valence-electron chi connectivity index (χ3n) is 3.38. The van der Waals surface area contributed by atoms with E-state index in [0.717, 1.165) is 6.04 Å². The third kappa shape index (κ3) is 4.53. The third-order valence-corrected chi connectivity index (χ3v) is 5.29. The molecular formula is C14H20ClN5O3Si. The number of nitrogens with two attached hydrogens (primary N) is 1. The molecule has 0 radical (unpaired) electrons. The van der Waals surface area contributed by atoms with Crippen molar-refractivity contribution in [2.45, 2.75) is 32.4 Å². The fourth-order valence-corrected chi connectivity index (χ4v) is 2.97. The number of nitrogens with zero attached hydrogens (tertiary/aromatic N) is 4. The van der Waals surface area contributed by atoms with Crippen LogP contribution in [0.1, 0.15) is 0 Å². The SMILES string of the molecule is C[Si](C)(C)CCOCn1ncc([N+](=O)[O-])c1-c1cc(Cl)ncc1N. The number of hydrogen-bond donors (Lipinski definition) is 1. The van der Waals surface area contributed by atoms with Crippen LogP contribution in [0.15, 0.2) is 18.5 Å². The fraction of sp³-hybridized carbons (Fsp3) is 0.429. The van der Waals surface area contributed by atoms with E-state index < -0.39 is 13.0 Å². The van der Waals surface area contributed by atoms with Crippen LogP contribution in [0.5, 0.6) is 0 Å². The topological polar surface area (TPSA) is 109 Å². The van der Waals surface area contributed by atoms with E-state index in [9.17, 15) is 10.1 Å². The molecule has 0 amide bonds. The van der Waals surface area contributed by atoms with E-state index in [1.165, 1.54) is 23.1 Å². The lowest BCUT2D eigenvalue weighted by molar-refractivity contribution is -0.384. The molecule has 2 rings (SSSR count). The van der Waals surface area contributed by atoms with Crippen LogP contribution in [0, 0.1) is 10.1 Å². The molecule has 0 aliphatic carbocycles. The van der Waals surface area contributed by atoms with Crippen molar-refractivity contribution < 1.29 is 9.66 Å². The molecule has 8 nitrogen and oxygen atoms in total. The molecule has 0 bridgehead atoms. The molecule has 0 spiro atoms. The maximum atomic E-state index is 11.3. The second-order valence-corrected chi connectivity index (χ2v) is 12.6. The zero-order valence-corrected chi connectivity index (χ0v) is 15.6. The van der Waals surface area contributed by atoms with Crippen molar-refractivity contribution in [2.75, 3.05) is 12.3 Å². The number of hydrogen-bond acceptors (Lipinski definition) is 6. The van der Waals surface area contributed by atoms with Crippen molar-refractivity contribution in [3.63, 3.8) is 0 Å². The normalized spacial score (nSPS) is 11.7. The van der Waals surface area contributed by atoms with E-state index in [0.29, 0.717) is 12.2 Å². The van der Waals surface area contributed by atoms with Crippen molar-refractivity contribution >= 4 is 31.0 Å². The zero-order valence-electron chi connectivity index (χ0n) is 13.8. The standard InChI is InChI=1S/C14H20ClN5O3Si/c1-24(2,3)5-4-23-9-19-14(12(8-18-19)20(21)22)10-6-13(15)17-7-11(10)16/h6-8H,4-5,9,16H2,1-3H3. The number of anilines is 1. The first-order chi connectivity index (χ1) is 11.2. The van der Waals surface area contributed by atoms with Crippen molar-refractivity contribution in [3.8, 4) is 11.3 Å². The summed E-state index contributed by atoms with van der Waals surface area (Å²) in [5.74, 6) is 0. The largest absolute Gasteiger partial charge is 0.397 e. The molecule has 0 saturated heterocycles. The van der Waals surface area contributed by atoms with Gasteiger partial charge < -0.3 is 10.5 Å². The molecule has 2 aromatic rings. The van der Waals surface area contributed by atoms with Gasteiger partial charge in [-0.15, -0.1) is 0 Å². The molecule has 2 heterocycles. The quantitative estimate of drug-likeness (QED) is 0.263. The van der Waals surface area contributed by atoms with Gasteiger partial charge in [0.05, 0.1) is 16.8 Å². The van der Waals surface area contributed by atoms with E-state index >= 15 is 0 Å². The average Bonchev–Trinajstić information content (AvgIpc) is 2.89. The number of ether oxygens (including phenoxy) is 1. The Morgan fingerprint density at radius 2 is 2.12 bits per heavy atom. The van der Waals surface area contributed by atoms with Crippen molar-refractivity contribution in [1.29, 1.82) is 0 Å². The van der Waals surface area contributed by atoms with Crippen molar-refractivity contribution in [2.24, 2.45) is 0 Å². The Hall–Kier alpha value is -1.97. The van der Waals surface area contributed by atoms with Crippen LogP contribution in [0.4, 0.5) is 11.4 Å². The number of halogens is 1. The highest BCUT2D eigenvalue weighted by atomic mass is 35.5. The van der Waals surface area contributed by atoms with Gasteiger partial charge in [0, 0.05) is 20.2 Å². The van der Waals surface area contributed by atoms with Gasteiger partial charge in [-0.2, -0.15) is 5.10 Å². The fourth-order valence-electron chi connectivity index (χ4n) is 2.06. The second kappa shape index (κ2) is 7.28. The molecular weight excluding hydrogens is 350 g/mol. The summed E-state index contributed by atoms with van der Waals surface area (Å²) in [4.78, 5) is 14.7. The predicted octanol–water partition coefficient (Wildman–Crippen LogP) is 3.40. The highest BCUT2D eigenvalue weighted by Crippen LogP contribution is 2.34. The van der Waals surface area contributed by atoms with Gasteiger partial charge in [-0.25, -0.2) is 9.67 Å². The lowest BCUT2D eigenvalue weighted by Crippen LogP contribution is -2.22. The summed E-state index contributed by atoms with van der Waals surface area (Å²) in [5, 5.41) is 15.5. The van der Waals surface area contributed by atoms with Crippen LogP contribution >= 0.6 is 11.6 Å². The molecule has 130 valence electrons. The highest BCUT2D eigenvalue weighted by Gasteiger charge is 2.24. The first-order valence-electron chi connectivity index (χ1n) is 7.38. The van der Waals surface area contributed by atoms with Gasteiger partial charge >= 0.3 is 5.69 Å². The monoisotopic (exact) mass is 369 g/mol. The summed E-state index contributed by atoms with van der Waals surface area (Å²) in [6, 6.07) is 2.48. The van der Waals surface area contributed by atoms with Gasteiger partial charge in [-0.3, -0.25) is 10.1 Å². The van der Waals surface area contributed by atoms with Gasteiger partial charge in [0.25, 0.3) is 0 Å². The molecule has 0 unspecified atom stereocenters.